The van der Waals surface area contributed by atoms with Gasteiger partial charge in [-0.2, -0.15) is 12.7 Å². The van der Waals surface area contributed by atoms with Gasteiger partial charge in [0.25, 0.3) is 0 Å². The van der Waals surface area contributed by atoms with Crippen LogP contribution in [0.1, 0.15) is 20.8 Å². The maximum absolute atomic E-state index is 11.2. The molecule has 0 bridgehead atoms. The van der Waals surface area contributed by atoms with Gasteiger partial charge in [0.2, 0.25) is 0 Å². The van der Waals surface area contributed by atoms with Crippen LogP contribution in [0.25, 0.3) is 0 Å². The molecule has 1 atom stereocenters. The molecule has 1 saturated heterocycles. The van der Waals surface area contributed by atoms with E-state index in [1.165, 1.54) is 4.31 Å². The van der Waals surface area contributed by atoms with Crippen molar-refractivity contribution in [1.82, 2.24) is 4.31 Å². The number of hydrogen-bond donors (Lipinski definition) is 0. The Morgan fingerprint density at radius 2 is 2.00 bits per heavy atom. The van der Waals surface area contributed by atoms with Gasteiger partial charge in [-0.3, -0.25) is 4.18 Å². The summed E-state index contributed by atoms with van der Waals surface area (Å²) in [4.78, 5) is 0. The number of hydrogen-bond acceptors (Lipinski definition) is 3. The fourth-order valence-corrected chi connectivity index (χ4v) is 2.47. The summed E-state index contributed by atoms with van der Waals surface area (Å²) >= 11 is 0. The molecule has 0 spiro atoms. The Morgan fingerprint density at radius 1 is 1.50 bits per heavy atom. The van der Waals surface area contributed by atoms with Crippen LogP contribution >= 0.6 is 0 Å². The molecule has 0 aromatic heterocycles. The van der Waals surface area contributed by atoms with Crippen molar-refractivity contribution in [2.45, 2.75) is 26.3 Å². The van der Waals surface area contributed by atoms with E-state index in [0.29, 0.717) is 0 Å². The molecular formula is C7H15NO3S. The summed E-state index contributed by atoms with van der Waals surface area (Å²) in [5, 5.41) is 0. The van der Waals surface area contributed by atoms with Gasteiger partial charge in [0, 0.05) is 7.05 Å². The molecular weight excluding hydrogens is 178 g/mol. The summed E-state index contributed by atoms with van der Waals surface area (Å²) in [5.74, 6) is 0.250. The van der Waals surface area contributed by atoms with Crippen LogP contribution in [0.5, 0.6) is 0 Å². The van der Waals surface area contributed by atoms with Crippen LogP contribution in [0, 0.1) is 5.92 Å². The molecule has 1 heterocycles. The summed E-state index contributed by atoms with van der Waals surface area (Å²) in [7, 11) is -1.89. The first-order valence-electron chi connectivity index (χ1n) is 3.94. The highest BCUT2D eigenvalue weighted by molar-refractivity contribution is 7.84. The average Bonchev–Trinajstić information content (AvgIpc) is 2.15. The minimum absolute atomic E-state index is 0.250. The van der Waals surface area contributed by atoms with Crippen molar-refractivity contribution >= 4 is 10.3 Å². The third kappa shape index (κ3) is 1.26. The van der Waals surface area contributed by atoms with E-state index in [0.717, 1.165) is 0 Å². The monoisotopic (exact) mass is 193 g/mol. The molecule has 0 saturated carbocycles. The van der Waals surface area contributed by atoms with E-state index >= 15 is 0 Å². The fraction of sp³-hybridized carbons (Fsp3) is 1.00. The van der Waals surface area contributed by atoms with Crippen LogP contribution < -0.4 is 0 Å². The van der Waals surface area contributed by atoms with Gasteiger partial charge in [-0.05, 0) is 12.8 Å². The van der Waals surface area contributed by atoms with Gasteiger partial charge in [0.1, 0.15) is 0 Å². The highest BCUT2D eigenvalue weighted by atomic mass is 32.2. The molecule has 0 N–H and O–H groups in total. The molecule has 1 rings (SSSR count). The van der Waals surface area contributed by atoms with Crippen molar-refractivity contribution in [3.8, 4) is 0 Å². The van der Waals surface area contributed by atoms with E-state index in [1.54, 1.807) is 7.05 Å². The first-order valence-corrected chi connectivity index (χ1v) is 5.30. The van der Waals surface area contributed by atoms with E-state index in [1.807, 2.05) is 20.8 Å². The second-order valence-electron chi connectivity index (χ2n) is 3.70. The van der Waals surface area contributed by atoms with Crippen LogP contribution in [-0.4, -0.2) is 31.9 Å². The number of likely N-dealkylation sites (N-methyl/N-ethyl adjacent to an activating group) is 1. The van der Waals surface area contributed by atoms with E-state index in [9.17, 15) is 8.42 Å². The van der Waals surface area contributed by atoms with Crippen molar-refractivity contribution in [2.24, 2.45) is 5.92 Å². The Morgan fingerprint density at radius 3 is 2.17 bits per heavy atom. The van der Waals surface area contributed by atoms with Crippen LogP contribution in [-0.2, 0) is 14.5 Å². The summed E-state index contributed by atoms with van der Waals surface area (Å²) in [6.45, 7) is 6.12. The third-order valence-electron chi connectivity index (χ3n) is 2.80. The largest absolute Gasteiger partial charge is 0.338 e. The molecule has 0 unspecified atom stereocenters. The van der Waals surface area contributed by atoms with E-state index in [2.05, 4.69) is 0 Å². The fourth-order valence-electron chi connectivity index (χ4n) is 1.15. The van der Waals surface area contributed by atoms with Gasteiger partial charge in [-0.1, -0.05) is 13.8 Å². The molecule has 0 amide bonds. The average molecular weight is 193 g/mol. The predicted molar refractivity (Wildman–Crippen MR) is 45.9 cm³/mol. The highest BCUT2D eigenvalue weighted by Gasteiger charge is 2.47. The molecule has 0 radical (unpaired) electrons. The standard InChI is InChI=1S/C7H15NO3S/c1-6(2)7(3)5-11-12(9,10)8(7)4/h6H,5H2,1-4H3/t7-/m1/s1. The predicted octanol–water partition coefficient (Wildman–Crippen LogP) is 0.608. The number of rotatable bonds is 1. The lowest BCUT2D eigenvalue weighted by Gasteiger charge is -2.31. The smallest absolute Gasteiger partial charge is 0.256 e. The van der Waals surface area contributed by atoms with Gasteiger partial charge >= 0.3 is 10.3 Å². The zero-order valence-corrected chi connectivity index (χ0v) is 8.68. The SMILES string of the molecule is CC(C)[C@@]1(C)COS(=O)(=O)N1C. The molecule has 1 aliphatic heterocycles. The topological polar surface area (TPSA) is 46.6 Å². The molecule has 0 aliphatic carbocycles. The molecule has 72 valence electrons. The van der Waals surface area contributed by atoms with Crippen LogP contribution in [0.2, 0.25) is 0 Å². The Labute approximate surface area is 73.8 Å². The lowest BCUT2D eigenvalue weighted by Crippen LogP contribution is -2.46. The zero-order chi connectivity index (χ0) is 9.57. The molecule has 5 heteroatoms. The van der Waals surface area contributed by atoms with Gasteiger partial charge < -0.3 is 0 Å². The maximum atomic E-state index is 11.2. The Kier molecular flexibility index (Phi) is 2.22. The first kappa shape index (κ1) is 9.95. The van der Waals surface area contributed by atoms with Crippen molar-refractivity contribution in [2.75, 3.05) is 13.7 Å². The lowest BCUT2D eigenvalue weighted by atomic mass is 9.90. The van der Waals surface area contributed by atoms with Gasteiger partial charge in [-0.25, -0.2) is 0 Å². The second-order valence-corrected chi connectivity index (χ2v) is 5.34. The van der Waals surface area contributed by atoms with Gasteiger partial charge in [-0.15, -0.1) is 0 Å². The Bertz CT molecular complexity index is 272. The zero-order valence-electron chi connectivity index (χ0n) is 7.86. The quantitative estimate of drug-likeness (QED) is 0.613. The van der Waals surface area contributed by atoms with Crippen LogP contribution in [0.3, 0.4) is 0 Å². The maximum Gasteiger partial charge on any atom is 0.338 e. The first-order chi connectivity index (χ1) is 5.31. The minimum Gasteiger partial charge on any atom is -0.256 e. The second kappa shape index (κ2) is 2.68. The normalized spacial score (nSPS) is 36.1. The van der Waals surface area contributed by atoms with E-state index in [4.69, 9.17) is 4.18 Å². The van der Waals surface area contributed by atoms with E-state index in [-0.39, 0.29) is 12.5 Å². The third-order valence-corrected chi connectivity index (χ3v) is 4.30. The molecule has 0 aromatic carbocycles. The molecule has 0 aromatic rings. The minimum atomic E-state index is -3.44. The molecule has 4 nitrogen and oxygen atoms in total. The Hall–Kier alpha value is -0.130. The highest BCUT2D eigenvalue weighted by Crippen LogP contribution is 2.32. The summed E-state index contributed by atoms with van der Waals surface area (Å²) < 4.78 is 28.4. The van der Waals surface area contributed by atoms with Crippen molar-refractivity contribution in [3.05, 3.63) is 0 Å². The molecule has 1 fully saturated rings. The van der Waals surface area contributed by atoms with E-state index < -0.39 is 15.8 Å². The molecule has 1 aliphatic rings. The van der Waals surface area contributed by atoms with Crippen molar-refractivity contribution in [1.29, 1.82) is 0 Å². The van der Waals surface area contributed by atoms with Crippen LogP contribution in [0.4, 0.5) is 0 Å². The number of nitrogens with zero attached hydrogens (tertiary/aromatic N) is 1. The lowest BCUT2D eigenvalue weighted by molar-refractivity contribution is 0.162. The molecule has 12 heavy (non-hydrogen) atoms. The summed E-state index contributed by atoms with van der Waals surface area (Å²) in [6, 6.07) is 0. The summed E-state index contributed by atoms with van der Waals surface area (Å²) in [5.41, 5.74) is -0.390. The summed E-state index contributed by atoms with van der Waals surface area (Å²) in [6.07, 6.45) is 0. The van der Waals surface area contributed by atoms with Gasteiger partial charge in [0.15, 0.2) is 0 Å². The van der Waals surface area contributed by atoms with Gasteiger partial charge in [0.05, 0.1) is 12.1 Å². The van der Waals surface area contributed by atoms with Crippen molar-refractivity contribution < 1.29 is 12.6 Å². The van der Waals surface area contributed by atoms with Crippen LogP contribution in [0.15, 0.2) is 0 Å². The van der Waals surface area contributed by atoms with Crippen molar-refractivity contribution in [3.63, 3.8) is 0 Å². The Balaban J connectivity index is 3.01.